The van der Waals surface area contributed by atoms with Crippen LogP contribution in [0.5, 0.6) is 0 Å². The number of carboxylic acids is 1. The van der Waals surface area contributed by atoms with Crippen molar-refractivity contribution in [1.82, 2.24) is 10.2 Å². The number of ether oxygens (including phenoxy) is 1. The van der Waals surface area contributed by atoms with Crippen LogP contribution in [0, 0.1) is 5.92 Å². The van der Waals surface area contributed by atoms with E-state index in [0.717, 1.165) is 0 Å². The van der Waals surface area contributed by atoms with Gasteiger partial charge >= 0.3 is 5.97 Å². The lowest BCUT2D eigenvalue weighted by atomic mass is 9.96. The van der Waals surface area contributed by atoms with E-state index in [1.54, 1.807) is 6.92 Å². The van der Waals surface area contributed by atoms with Crippen LogP contribution in [0.2, 0.25) is 0 Å². The van der Waals surface area contributed by atoms with Crippen molar-refractivity contribution in [2.45, 2.75) is 32.4 Å². The predicted octanol–water partition coefficient (Wildman–Crippen LogP) is -1.21. The van der Waals surface area contributed by atoms with Crippen LogP contribution < -0.4 is 11.1 Å². The third-order valence-electron chi connectivity index (χ3n) is 3.38. The minimum Gasteiger partial charge on any atom is -0.480 e. The summed E-state index contributed by atoms with van der Waals surface area (Å²) in [5.41, 5.74) is 5.03. The van der Waals surface area contributed by atoms with Gasteiger partial charge in [-0.05, 0) is 12.8 Å². The summed E-state index contributed by atoms with van der Waals surface area (Å²) in [5, 5.41) is 11.0. The minimum atomic E-state index is -1.05. The molecule has 1 fully saturated rings. The number of nitrogens with one attached hydrogen (secondary N) is 1. The van der Waals surface area contributed by atoms with E-state index in [0.29, 0.717) is 13.1 Å². The molecule has 21 heavy (non-hydrogen) atoms. The third-order valence-corrected chi connectivity index (χ3v) is 3.38. The molecular weight excluding hydrogens is 278 g/mol. The maximum absolute atomic E-state index is 11.8. The SMILES string of the molecule is CC(C)[C@H](N)C(=O)NCC(=O)N1CC(C)(OCC(=O)O)C1. The van der Waals surface area contributed by atoms with Gasteiger partial charge in [0.05, 0.1) is 25.7 Å². The number of aliphatic carboxylic acids is 1. The maximum atomic E-state index is 11.8. The van der Waals surface area contributed by atoms with E-state index in [1.807, 2.05) is 13.8 Å². The van der Waals surface area contributed by atoms with E-state index in [-0.39, 0.29) is 24.3 Å². The lowest BCUT2D eigenvalue weighted by molar-refractivity contribution is -0.173. The lowest BCUT2D eigenvalue weighted by Gasteiger charge is -2.47. The first-order valence-corrected chi connectivity index (χ1v) is 6.81. The summed E-state index contributed by atoms with van der Waals surface area (Å²) >= 11 is 0. The summed E-state index contributed by atoms with van der Waals surface area (Å²) in [5.74, 6) is -1.65. The minimum absolute atomic E-state index is 0.00294. The molecule has 2 amide bonds. The molecule has 1 heterocycles. The fourth-order valence-corrected chi connectivity index (χ4v) is 1.96. The zero-order valence-electron chi connectivity index (χ0n) is 12.6. The van der Waals surface area contributed by atoms with E-state index in [2.05, 4.69) is 5.32 Å². The van der Waals surface area contributed by atoms with Crippen molar-refractivity contribution in [1.29, 1.82) is 0 Å². The van der Waals surface area contributed by atoms with Gasteiger partial charge in [0.2, 0.25) is 11.8 Å². The van der Waals surface area contributed by atoms with Crippen molar-refractivity contribution in [2.75, 3.05) is 26.2 Å². The van der Waals surface area contributed by atoms with Gasteiger partial charge in [-0.2, -0.15) is 0 Å². The molecule has 0 aromatic carbocycles. The number of rotatable bonds is 7. The number of hydrogen-bond acceptors (Lipinski definition) is 5. The molecule has 1 rings (SSSR count). The fourth-order valence-electron chi connectivity index (χ4n) is 1.96. The lowest BCUT2D eigenvalue weighted by Crippen LogP contribution is -2.64. The molecule has 1 atom stereocenters. The molecular formula is C13H23N3O5. The van der Waals surface area contributed by atoms with Crippen molar-refractivity contribution >= 4 is 17.8 Å². The Morgan fingerprint density at radius 3 is 2.43 bits per heavy atom. The number of carboxylic acid groups (broad SMARTS) is 1. The summed E-state index contributed by atoms with van der Waals surface area (Å²) < 4.78 is 5.20. The zero-order valence-corrected chi connectivity index (χ0v) is 12.6. The Morgan fingerprint density at radius 2 is 1.95 bits per heavy atom. The van der Waals surface area contributed by atoms with Gasteiger partial charge in [-0.25, -0.2) is 4.79 Å². The number of carbonyl (C=O) groups excluding carboxylic acids is 2. The summed E-state index contributed by atoms with van der Waals surface area (Å²) in [4.78, 5) is 35.4. The second-order valence-electron chi connectivity index (χ2n) is 5.87. The van der Waals surface area contributed by atoms with Gasteiger partial charge in [-0.15, -0.1) is 0 Å². The number of hydrogen-bond donors (Lipinski definition) is 3. The number of nitrogens with two attached hydrogens (primary N) is 1. The molecule has 0 unspecified atom stereocenters. The summed E-state index contributed by atoms with van der Waals surface area (Å²) in [6.07, 6.45) is 0. The Balaban J connectivity index is 2.30. The van der Waals surface area contributed by atoms with Crippen LogP contribution in [0.25, 0.3) is 0 Å². The first-order chi connectivity index (χ1) is 9.64. The average molecular weight is 301 g/mol. The van der Waals surface area contributed by atoms with Crippen molar-refractivity contribution in [2.24, 2.45) is 11.7 Å². The van der Waals surface area contributed by atoms with E-state index in [9.17, 15) is 14.4 Å². The zero-order chi connectivity index (χ0) is 16.2. The number of amides is 2. The molecule has 8 nitrogen and oxygen atoms in total. The molecule has 0 aliphatic carbocycles. The molecule has 1 aliphatic heterocycles. The smallest absolute Gasteiger partial charge is 0.329 e. The van der Waals surface area contributed by atoms with E-state index in [4.69, 9.17) is 15.6 Å². The van der Waals surface area contributed by atoms with Gasteiger partial charge in [0.1, 0.15) is 12.2 Å². The van der Waals surface area contributed by atoms with Crippen molar-refractivity contribution in [3.8, 4) is 0 Å². The largest absolute Gasteiger partial charge is 0.480 e. The van der Waals surface area contributed by atoms with Crippen LogP contribution in [0.1, 0.15) is 20.8 Å². The molecule has 0 saturated carbocycles. The van der Waals surface area contributed by atoms with Crippen molar-refractivity contribution in [3.05, 3.63) is 0 Å². The molecule has 0 bridgehead atoms. The standard InChI is InChI=1S/C13H23N3O5/c1-8(2)11(14)12(20)15-4-9(17)16-6-13(3,7-16)21-5-10(18)19/h8,11H,4-7,14H2,1-3H3,(H,15,20)(H,18,19)/t11-/m0/s1. The summed E-state index contributed by atoms with van der Waals surface area (Å²) in [6.45, 7) is 5.51. The first-order valence-electron chi connectivity index (χ1n) is 6.81. The number of carbonyl (C=O) groups is 3. The normalized spacial score (nSPS) is 18.0. The second-order valence-corrected chi connectivity index (χ2v) is 5.87. The molecule has 1 saturated heterocycles. The number of likely N-dealkylation sites (tertiary alicyclic amines) is 1. The quantitative estimate of drug-likeness (QED) is 0.542. The van der Waals surface area contributed by atoms with Gasteiger partial charge < -0.3 is 25.8 Å². The summed E-state index contributed by atoms with van der Waals surface area (Å²) in [7, 11) is 0. The van der Waals surface area contributed by atoms with Crippen molar-refractivity contribution < 1.29 is 24.2 Å². The highest BCUT2D eigenvalue weighted by Crippen LogP contribution is 2.24. The third kappa shape index (κ3) is 4.98. The predicted molar refractivity (Wildman–Crippen MR) is 74.4 cm³/mol. The molecule has 8 heteroatoms. The van der Waals surface area contributed by atoms with Crippen LogP contribution >= 0.6 is 0 Å². The molecule has 0 aromatic rings. The van der Waals surface area contributed by atoms with Gasteiger partial charge in [0.15, 0.2) is 0 Å². The highest BCUT2D eigenvalue weighted by Gasteiger charge is 2.42. The van der Waals surface area contributed by atoms with Crippen LogP contribution in [0.15, 0.2) is 0 Å². The highest BCUT2D eigenvalue weighted by molar-refractivity contribution is 5.87. The van der Waals surface area contributed by atoms with E-state index < -0.39 is 24.2 Å². The van der Waals surface area contributed by atoms with Crippen molar-refractivity contribution in [3.63, 3.8) is 0 Å². The molecule has 0 aromatic heterocycles. The van der Waals surface area contributed by atoms with Crippen LogP contribution in [0.4, 0.5) is 0 Å². The van der Waals surface area contributed by atoms with Gasteiger partial charge in [0.25, 0.3) is 0 Å². The van der Waals surface area contributed by atoms with Crippen LogP contribution in [-0.2, 0) is 19.1 Å². The van der Waals surface area contributed by atoms with E-state index in [1.165, 1.54) is 4.90 Å². The Kier molecular flexibility index (Phi) is 5.68. The average Bonchev–Trinajstić information content (AvgIpc) is 2.37. The monoisotopic (exact) mass is 301 g/mol. The molecule has 120 valence electrons. The Bertz CT molecular complexity index is 418. The Hall–Kier alpha value is -1.67. The highest BCUT2D eigenvalue weighted by atomic mass is 16.5. The molecule has 1 aliphatic rings. The van der Waals surface area contributed by atoms with Gasteiger partial charge in [0, 0.05) is 0 Å². The van der Waals surface area contributed by atoms with Gasteiger partial charge in [-0.1, -0.05) is 13.8 Å². The number of nitrogens with zero attached hydrogens (tertiary/aromatic N) is 1. The Labute approximate surface area is 123 Å². The summed E-state index contributed by atoms with van der Waals surface area (Å²) in [6, 6.07) is -0.640. The Morgan fingerprint density at radius 1 is 1.38 bits per heavy atom. The molecule has 4 N–H and O–H groups in total. The fraction of sp³-hybridized carbons (Fsp3) is 0.769. The molecule has 0 spiro atoms. The van der Waals surface area contributed by atoms with Crippen LogP contribution in [-0.4, -0.2) is 65.7 Å². The maximum Gasteiger partial charge on any atom is 0.329 e. The first kappa shape index (κ1) is 17.4. The van der Waals surface area contributed by atoms with Gasteiger partial charge in [-0.3, -0.25) is 9.59 Å². The van der Waals surface area contributed by atoms with Crippen LogP contribution in [0.3, 0.4) is 0 Å². The van der Waals surface area contributed by atoms with E-state index >= 15 is 0 Å². The molecule has 0 radical (unpaired) electrons. The topological polar surface area (TPSA) is 122 Å². The second kappa shape index (κ2) is 6.86.